The lowest BCUT2D eigenvalue weighted by Gasteiger charge is -1.86. The highest BCUT2D eigenvalue weighted by atomic mass is 35.5. The summed E-state index contributed by atoms with van der Waals surface area (Å²) in [6, 6.07) is 0. The monoisotopic (exact) mass is 203 g/mol. The van der Waals surface area contributed by atoms with Gasteiger partial charge in [-0.25, -0.2) is 0 Å². The predicted octanol–water partition coefficient (Wildman–Crippen LogP) is 1.21. The van der Waals surface area contributed by atoms with Crippen LogP contribution in [0.1, 0.15) is 13.8 Å². The van der Waals surface area contributed by atoms with Crippen LogP contribution in [0.25, 0.3) is 0 Å². The van der Waals surface area contributed by atoms with E-state index >= 15 is 0 Å². The van der Waals surface area contributed by atoms with Gasteiger partial charge in [-0.05, 0) is 6.92 Å². The molecule has 0 aromatic heterocycles. The van der Waals surface area contributed by atoms with Crippen LogP contribution in [-0.2, 0) is 10.9 Å². The zero-order chi connectivity index (χ0) is 8.36. The Balaban J connectivity index is 4.61. The third kappa shape index (κ3) is 5.35. The van der Waals surface area contributed by atoms with Crippen LogP contribution >= 0.6 is 18.3 Å². The van der Waals surface area contributed by atoms with Crippen LogP contribution < -0.4 is 0 Å². The van der Waals surface area contributed by atoms with Crippen molar-refractivity contribution >= 4 is 29.3 Å². The zero-order valence-electron chi connectivity index (χ0n) is 5.58. The van der Waals surface area contributed by atoms with Gasteiger partial charge in [0.1, 0.15) is 0 Å². The summed E-state index contributed by atoms with van der Waals surface area (Å²) < 4.78 is 0. The van der Waals surface area contributed by atoms with Gasteiger partial charge in [0, 0.05) is 6.92 Å². The molecule has 0 aromatic carbocycles. The standard InChI is InChI=1S/C4H9ClO3PS/c1-3(5)4(2)10-9(6,7)8/h6-8H,1-2H3/q+1. The number of hydrogen-bond donors (Lipinski definition) is 3. The van der Waals surface area contributed by atoms with Crippen molar-refractivity contribution in [2.75, 3.05) is 0 Å². The number of hydrogen-bond acceptors (Lipinski definition) is 0. The Kier molecular flexibility index (Phi) is 4.02. The van der Waals surface area contributed by atoms with Crippen molar-refractivity contribution in [2.45, 2.75) is 13.8 Å². The maximum absolute atomic E-state index is 8.53. The van der Waals surface area contributed by atoms with Gasteiger partial charge in [0.05, 0.1) is 5.03 Å². The molecule has 60 valence electrons. The maximum Gasteiger partial charge on any atom is 0.521 e. The predicted molar refractivity (Wildman–Crippen MR) is 45.2 cm³/mol. The Morgan fingerprint density at radius 3 is 1.80 bits per heavy atom. The van der Waals surface area contributed by atoms with Crippen molar-refractivity contribution in [3.63, 3.8) is 0 Å². The molecule has 0 radical (unpaired) electrons. The molecule has 10 heavy (non-hydrogen) atoms. The van der Waals surface area contributed by atoms with Crippen molar-refractivity contribution in [1.29, 1.82) is 0 Å². The van der Waals surface area contributed by atoms with Crippen molar-refractivity contribution in [3.8, 4) is 0 Å². The first-order chi connectivity index (χ1) is 4.33. The summed E-state index contributed by atoms with van der Waals surface area (Å²) in [6.07, 6.45) is 0. The molecule has 0 spiro atoms. The van der Waals surface area contributed by atoms with Gasteiger partial charge >= 0.3 is 6.72 Å². The largest absolute Gasteiger partial charge is 0.521 e. The Morgan fingerprint density at radius 2 is 1.70 bits per heavy atom. The molecule has 0 aliphatic rings. The molecule has 0 atom stereocenters. The molecule has 0 aliphatic heterocycles. The van der Waals surface area contributed by atoms with Crippen molar-refractivity contribution < 1.29 is 14.7 Å². The third-order valence-electron chi connectivity index (χ3n) is 0.745. The van der Waals surface area contributed by atoms with Crippen LogP contribution in [0.2, 0.25) is 0 Å². The van der Waals surface area contributed by atoms with Crippen LogP contribution in [-0.4, -0.2) is 14.7 Å². The summed E-state index contributed by atoms with van der Waals surface area (Å²) in [5.41, 5.74) is 0. The SMILES string of the molecule is CC(Cl)=C(C)[S+]=P(O)(O)O. The zero-order valence-corrected chi connectivity index (χ0v) is 8.04. The van der Waals surface area contributed by atoms with Gasteiger partial charge in [0.2, 0.25) is 4.91 Å². The lowest BCUT2D eigenvalue weighted by Crippen LogP contribution is -1.80. The van der Waals surface area contributed by atoms with Gasteiger partial charge in [-0.3, -0.25) is 14.7 Å². The highest BCUT2D eigenvalue weighted by Gasteiger charge is 2.21. The molecule has 0 saturated carbocycles. The molecule has 3 N–H and O–H groups in total. The summed E-state index contributed by atoms with van der Waals surface area (Å²) >= 11 is 5.48. The van der Waals surface area contributed by atoms with E-state index in [1.807, 2.05) is 0 Å². The van der Waals surface area contributed by atoms with E-state index in [4.69, 9.17) is 26.3 Å². The topological polar surface area (TPSA) is 60.7 Å². The van der Waals surface area contributed by atoms with E-state index in [0.29, 0.717) is 20.9 Å². The minimum absolute atomic E-state index is 0.450. The van der Waals surface area contributed by atoms with E-state index in [-0.39, 0.29) is 0 Å². The minimum atomic E-state index is -3.75. The van der Waals surface area contributed by atoms with Gasteiger partial charge in [-0.15, -0.1) is 0 Å². The Hall–Kier alpha value is 0.560. The molecule has 0 fully saturated rings. The molecular formula is C4H9ClO3PS+. The van der Waals surface area contributed by atoms with E-state index in [0.717, 1.165) is 0 Å². The molecule has 0 heterocycles. The maximum atomic E-state index is 8.53. The molecule has 3 nitrogen and oxygen atoms in total. The minimum Gasteiger partial charge on any atom is -0.289 e. The lowest BCUT2D eigenvalue weighted by atomic mass is 10.6. The molecule has 0 aliphatic carbocycles. The van der Waals surface area contributed by atoms with Crippen molar-refractivity contribution in [2.24, 2.45) is 0 Å². The van der Waals surface area contributed by atoms with Crippen LogP contribution in [0.15, 0.2) is 9.94 Å². The van der Waals surface area contributed by atoms with Gasteiger partial charge in [0.15, 0.2) is 0 Å². The van der Waals surface area contributed by atoms with Crippen LogP contribution in [0.4, 0.5) is 0 Å². The summed E-state index contributed by atoms with van der Waals surface area (Å²) in [4.78, 5) is 26.1. The first-order valence-electron chi connectivity index (χ1n) is 2.43. The van der Waals surface area contributed by atoms with Gasteiger partial charge < -0.3 is 0 Å². The second kappa shape index (κ2) is 3.81. The Labute approximate surface area is 68.2 Å². The molecule has 0 bridgehead atoms. The summed E-state index contributed by atoms with van der Waals surface area (Å²) in [5.74, 6) is 0. The highest BCUT2D eigenvalue weighted by molar-refractivity contribution is 8.18. The molecular weight excluding hydrogens is 195 g/mol. The van der Waals surface area contributed by atoms with Crippen molar-refractivity contribution in [1.82, 2.24) is 0 Å². The summed E-state index contributed by atoms with van der Waals surface area (Å²) in [7, 11) is 0.590. The van der Waals surface area contributed by atoms with E-state index in [1.165, 1.54) is 0 Å². The fourth-order valence-electron chi connectivity index (χ4n) is 0.247. The molecule has 0 amide bonds. The van der Waals surface area contributed by atoms with E-state index < -0.39 is 6.72 Å². The van der Waals surface area contributed by atoms with Gasteiger partial charge in [-0.2, -0.15) is 0 Å². The third-order valence-corrected chi connectivity index (χ3v) is 3.52. The fraction of sp³-hybridized carbons (Fsp3) is 0.500. The number of halogens is 1. The summed E-state index contributed by atoms with van der Waals surface area (Å²) in [6.45, 7) is -0.539. The molecule has 0 unspecified atom stereocenters. The van der Waals surface area contributed by atoms with E-state index in [9.17, 15) is 0 Å². The summed E-state index contributed by atoms with van der Waals surface area (Å²) in [5, 5.41) is 0.450. The Morgan fingerprint density at radius 1 is 1.30 bits per heavy atom. The first-order valence-corrected chi connectivity index (χ1v) is 5.87. The quantitative estimate of drug-likeness (QED) is 0.444. The molecule has 6 heteroatoms. The number of rotatable bonds is 1. The normalized spacial score (nSPS) is 14.6. The van der Waals surface area contributed by atoms with Gasteiger partial charge in [-0.1, -0.05) is 11.6 Å². The smallest absolute Gasteiger partial charge is 0.289 e. The average molecular weight is 204 g/mol. The van der Waals surface area contributed by atoms with Crippen LogP contribution in [0.5, 0.6) is 0 Å². The first kappa shape index (κ1) is 10.6. The van der Waals surface area contributed by atoms with Crippen molar-refractivity contribution in [3.05, 3.63) is 9.94 Å². The second-order valence-electron chi connectivity index (χ2n) is 1.69. The molecule has 0 aromatic rings. The van der Waals surface area contributed by atoms with E-state index in [1.54, 1.807) is 13.8 Å². The van der Waals surface area contributed by atoms with E-state index in [2.05, 4.69) is 0 Å². The lowest BCUT2D eigenvalue weighted by molar-refractivity contribution is 0.363. The average Bonchev–Trinajstić information content (AvgIpc) is 1.60. The fourth-order valence-corrected chi connectivity index (χ4v) is 2.53. The van der Waals surface area contributed by atoms with Crippen LogP contribution in [0, 0.1) is 0 Å². The molecule has 0 rings (SSSR count). The Bertz CT molecular complexity index is 194. The number of allylic oxidation sites excluding steroid dienone is 2. The second-order valence-corrected chi connectivity index (χ2v) is 6.10. The molecule has 0 saturated heterocycles. The van der Waals surface area contributed by atoms with Crippen LogP contribution in [0.3, 0.4) is 0 Å². The van der Waals surface area contributed by atoms with Gasteiger partial charge in [0.25, 0.3) is 10.9 Å². The highest BCUT2D eigenvalue weighted by Crippen LogP contribution is 2.33.